The number of hydrogen-bond donors (Lipinski definition) is 4. The zero-order chi connectivity index (χ0) is 27.5. The smallest absolute Gasteiger partial charge is 0.412 e. The number of methoxy groups -OCH3 is 1. The molecule has 0 heterocycles. The number of nitrogens with one attached hydrogen (secondary N) is 2. The summed E-state index contributed by atoms with van der Waals surface area (Å²) in [6.07, 6.45) is 1.47. The average molecular weight is 579 g/mol. The lowest BCUT2D eigenvalue weighted by molar-refractivity contribution is -0.111. The first-order valence-corrected chi connectivity index (χ1v) is 12.4. The maximum Gasteiger partial charge on any atom is 0.412 e. The minimum absolute atomic E-state index is 0.0678. The van der Waals surface area contributed by atoms with Crippen molar-refractivity contribution in [3.63, 3.8) is 0 Å². The van der Waals surface area contributed by atoms with Crippen LogP contribution in [0.5, 0.6) is 5.75 Å². The van der Waals surface area contributed by atoms with Crippen LogP contribution in [0, 0.1) is 11.3 Å². The lowest BCUT2D eigenvalue weighted by atomic mass is 9.99. The van der Waals surface area contributed by atoms with Crippen LogP contribution in [0.4, 0.5) is 21.9 Å². The normalized spacial score (nSPS) is 12.3. The van der Waals surface area contributed by atoms with Gasteiger partial charge in [0.15, 0.2) is 6.10 Å². The van der Waals surface area contributed by atoms with Gasteiger partial charge < -0.3 is 25.6 Å². The number of nitrogen functional groups attached to an aromatic ring is 1. The van der Waals surface area contributed by atoms with Crippen LogP contribution in [-0.4, -0.2) is 30.3 Å². The fourth-order valence-electron chi connectivity index (χ4n) is 3.61. The van der Waals surface area contributed by atoms with E-state index >= 15 is 0 Å². The number of amides is 2. The zero-order valence-electron chi connectivity index (χ0n) is 20.6. The van der Waals surface area contributed by atoms with Crippen LogP contribution in [0.3, 0.4) is 0 Å². The number of phenolic OH excluding ortho intramolecular Hbond substituents is 1. The van der Waals surface area contributed by atoms with Gasteiger partial charge in [0.25, 0.3) is 0 Å². The number of para-hydroxylation sites is 2. The van der Waals surface area contributed by atoms with Crippen molar-refractivity contribution >= 4 is 45.0 Å². The van der Waals surface area contributed by atoms with Crippen molar-refractivity contribution in [1.82, 2.24) is 0 Å². The molecule has 0 spiro atoms. The van der Waals surface area contributed by atoms with Gasteiger partial charge in [-0.2, -0.15) is 5.26 Å². The van der Waals surface area contributed by atoms with Gasteiger partial charge in [0, 0.05) is 22.8 Å². The van der Waals surface area contributed by atoms with E-state index < -0.39 is 18.3 Å². The van der Waals surface area contributed by atoms with Gasteiger partial charge >= 0.3 is 6.09 Å². The molecule has 3 rings (SSSR count). The van der Waals surface area contributed by atoms with E-state index in [1.807, 2.05) is 6.07 Å². The standard InChI is InChI=1S/C28H27BrN4O5/c1-37-25(8-4-5-9-26(35)33-23-7-3-2-6-22(23)31)27(21-16-19(29)12-15-24(21)34)38-28(36)32-20-13-10-18(17-30)11-14-20/h2-3,5-7,9-16,25,27,34H,4,8,31H2,1H3,(H,32,36)(H,33,35)/b9-5+/t25-,27-/m0/s1. The van der Waals surface area contributed by atoms with Gasteiger partial charge in [0.2, 0.25) is 5.91 Å². The van der Waals surface area contributed by atoms with Crippen LogP contribution in [0.15, 0.2) is 83.4 Å². The highest BCUT2D eigenvalue weighted by atomic mass is 79.9. The molecule has 5 N–H and O–H groups in total. The first-order chi connectivity index (χ1) is 18.3. The molecule has 0 aliphatic carbocycles. The topological polar surface area (TPSA) is 147 Å². The molecule has 3 aromatic rings. The summed E-state index contributed by atoms with van der Waals surface area (Å²) in [5.74, 6) is -0.405. The Morgan fingerprint density at radius 3 is 2.55 bits per heavy atom. The fraction of sp³-hybridized carbons (Fsp3) is 0.179. The molecule has 2 atom stereocenters. The van der Waals surface area contributed by atoms with E-state index in [1.54, 1.807) is 66.7 Å². The van der Waals surface area contributed by atoms with Crippen molar-refractivity contribution in [2.75, 3.05) is 23.5 Å². The molecule has 0 unspecified atom stereocenters. The maximum absolute atomic E-state index is 12.8. The Morgan fingerprint density at radius 1 is 1.13 bits per heavy atom. The predicted octanol–water partition coefficient (Wildman–Crippen LogP) is 5.89. The zero-order valence-corrected chi connectivity index (χ0v) is 22.1. The number of nitriles is 1. The van der Waals surface area contributed by atoms with E-state index in [2.05, 4.69) is 26.6 Å². The summed E-state index contributed by atoms with van der Waals surface area (Å²) in [5, 5.41) is 24.8. The maximum atomic E-state index is 12.8. The van der Waals surface area contributed by atoms with Crippen LogP contribution < -0.4 is 16.4 Å². The van der Waals surface area contributed by atoms with Crippen LogP contribution in [-0.2, 0) is 14.3 Å². The Bertz CT molecular complexity index is 1340. The van der Waals surface area contributed by atoms with Gasteiger partial charge in [0.1, 0.15) is 5.75 Å². The Kier molecular flexibility index (Phi) is 10.3. The number of nitrogens with zero attached hydrogens (tertiary/aromatic N) is 1. The number of anilines is 3. The largest absolute Gasteiger partial charge is 0.508 e. The summed E-state index contributed by atoms with van der Waals surface area (Å²) in [4.78, 5) is 25.0. The number of carbonyl (C=O) groups excluding carboxylic acids is 2. The summed E-state index contributed by atoms with van der Waals surface area (Å²) in [7, 11) is 1.48. The monoisotopic (exact) mass is 578 g/mol. The number of carbonyl (C=O) groups is 2. The average Bonchev–Trinajstić information content (AvgIpc) is 2.91. The Balaban J connectivity index is 1.70. The number of benzene rings is 3. The molecule has 0 radical (unpaired) electrons. The number of hydrogen-bond acceptors (Lipinski definition) is 7. The fourth-order valence-corrected chi connectivity index (χ4v) is 3.99. The number of phenols is 1. The molecule has 0 fully saturated rings. The molecule has 3 aromatic carbocycles. The van der Waals surface area contributed by atoms with E-state index in [4.69, 9.17) is 20.5 Å². The molecule has 9 nitrogen and oxygen atoms in total. The van der Waals surface area contributed by atoms with Crippen LogP contribution in [0.1, 0.15) is 30.1 Å². The molecule has 0 aliphatic rings. The third-order valence-electron chi connectivity index (χ3n) is 5.54. The number of rotatable bonds is 10. The molecular formula is C28H27BrN4O5. The second-order valence-electron chi connectivity index (χ2n) is 8.17. The number of aromatic hydroxyl groups is 1. The summed E-state index contributed by atoms with van der Waals surface area (Å²) in [6.45, 7) is 0. The molecule has 0 aliphatic heterocycles. The molecule has 0 saturated carbocycles. The quantitative estimate of drug-likeness (QED) is 0.173. The van der Waals surface area contributed by atoms with E-state index in [0.717, 1.165) is 0 Å². The van der Waals surface area contributed by atoms with Crippen LogP contribution >= 0.6 is 15.9 Å². The molecule has 196 valence electrons. The van der Waals surface area contributed by atoms with Crippen molar-refractivity contribution in [3.05, 3.63) is 94.5 Å². The SMILES string of the molecule is CO[C@@H](CC/C=C/C(=O)Nc1ccccc1N)[C@@H](OC(=O)Nc1ccc(C#N)cc1)c1cc(Br)ccc1O. The highest BCUT2D eigenvalue weighted by molar-refractivity contribution is 9.10. The molecule has 0 aromatic heterocycles. The third-order valence-corrected chi connectivity index (χ3v) is 6.03. The molecular weight excluding hydrogens is 552 g/mol. The van der Waals surface area contributed by atoms with Crippen LogP contribution in [0.25, 0.3) is 0 Å². The molecule has 2 amide bonds. The van der Waals surface area contributed by atoms with Crippen molar-refractivity contribution in [2.45, 2.75) is 25.0 Å². The summed E-state index contributed by atoms with van der Waals surface area (Å²) < 4.78 is 12.0. The predicted molar refractivity (Wildman–Crippen MR) is 148 cm³/mol. The van der Waals surface area contributed by atoms with Crippen molar-refractivity contribution in [1.29, 1.82) is 5.26 Å². The van der Waals surface area contributed by atoms with Gasteiger partial charge in [-0.3, -0.25) is 10.1 Å². The van der Waals surface area contributed by atoms with Gasteiger partial charge in [-0.25, -0.2) is 4.79 Å². The third kappa shape index (κ3) is 8.09. The lowest BCUT2D eigenvalue weighted by Gasteiger charge is -2.27. The summed E-state index contributed by atoms with van der Waals surface area (Å²) in [6, 6.07) is 20.1. The van der Waals surface area contributed by atoms with Crippen LogP contribution in [0.2, 0.25) is 0 Å². The molecule has 0 bridgehead atoms. The first kappa shape index (κ1) is 28.2. The number of nitrogens with two attached hydrogens (primary N) is 1. The Hall–Kier alpha value is -4.33. The first-order valence-electron chi connectivity index (χ1n) is 11.6. The minimum atomic E-state index is -0.970. The number of allylic oxidation sites excluding steroid dienone is 1. The lowest BCUT2D eigenvalue weighted by Crippen LogP contribution is -2.28. The van der Waals surface area contributed by atoms with Gasteiger partial charge in [-0.05, 0) is 73.5 Å². The second kappa shape index (κ2) is 13.8. The van der Waals surface area contributed by atoms with Gasteiger partial charge in [0.05, 0.1) is 29.1 Å². The van der Waals surface area contributed by atoms with Crippen molar-refractivity contribution in [3.8, 4) is 11.8 Å². The highest BCUT2D eigenvalue weighted by Crippen LogP contribution is 2.35. The summed E-state index contributed by atoms with van der Waals surface area (Å²) >= 11 is 3.38. The van der Waals surface area contributed by atoms with E-state index in [0.29, 0.717) is 45.5 Å². The van der Waals surface area contributed by atoms with Crippen molar-refractivity contribution in [2.24, 2.45) is 0 Å². The Morgan fingerprint density at radius 2 is 1.87 bits per heavy atom. The number of halogens is 1. The van der Waals surface area contributed by atoms with Crippen molar-refractivity contribution < 1.29 is 24.2 Å². The van der Waals surface area contributed by atoms with Gasteiger partial charge in [-0.15, -0.1) is 0 Å². The second-order valence-corrected chi connectivity index (χ2v) is 9.09. The van der Waals surface area contributed by atoms with E-state index in [-0.39, 0.29) is 11.7 Å². The minimum Gasteiger partial charge on any atom is -0.508 e. The molecule has 38 heavy (non-hydrogen) atoms. The molecule has 0 saturated heterocycles. The molecule has 10 heteroatoms. The number of ether oxygens (including phenoxy) is 2. The van der Waals surface area contributed by atoms with E-state index in [9.17, 15) is 14.7 Å². The van der Waals surface area contributed by atoms with Gasteiger partial charge in [-0.1, -0.05) is 34.1 Å². The summed E-state index contributed by atoms with van der Waals surface area (Å²) in [5.41, 5.74) is 8.07. The highest BCUT2D eigenvalue weighted by Gasteiger charge is 2.29. The Labute approximate surface area is 229 Å². The van der Waals surface area contributed by atoms with E-state index in [1.165, 1.54) is 19.3 Å².